The van der Waals surface area contributed by atoms with E-state index in [-0.39, 0.29) is 0 Å². The molecular formula is C17H28N2O. The van der Waals surface area contributed by atoms with Crippen molar-refractivity contribution in [3.8, 4) is 5.75 Å². The predicted octanol–water partition coefficient (Wildman–Crippen LogP) is 3.59. The fraction of sp³-hybridized carbons (Fsp3) is 0.647. The highest BCUT2D eigenvalue weighted by Gasteiger charge is 2.18. The highest BCUT2D eigenvalue weighted by Crippen LogP contribution is 2.30. The lowest BCUT2D eigenvalue weighted by atomic mass is 10.0. The fourth-order valence-corrected chi connectivity index (χ4v) is 2.63. The van der Waals surface area contributed by atoms with Gasteiger partial charge in [0, 0.05) is 12.1 Å². The molecule has 0 bridgehead atoms. The van der Waals surface area contributed by atoms with Gasteiger partial charge in [0.1, 0.15) is 11.9 Å². The second kappa shape index (κ2) is 6.98. The number of nitrogens with one attached hydrogen (secondary N) is 2. The van der Waals surface area contributed by atoms with Crippen LogP contribution in [0.15, 0.2) is 18.2 Å². The van der Waals surface area contributed by atoms with E-state index >= 15 is 0 Å². The maximum Gasteiger partial charge on any atom is 0.142 e. The molecule has 0 fully saturated rings. The van der Waals surface area contributed by atoms with E-state index in [4.69, 9.17) is 4.74 Å². The molecule has 0 spiro atoms. The van der Waals surface area contributed by atoms with Gasteiger partial charge in [0.15, 0.2) is 0 Å². The zero-order valence-corrected chi connectivity index (χ0v) is 13.2. The van der Waals surface area contributed by atoms with Gasteiger partial charge in [0.25, 0.3) is 0 Å². The third-order valence-corrected chi connectivity index (χ3v) is 4.04. The van der Waals surface area contributed by atoms with Gasteiger partial charge in [0.2, 0.25) is 0 Å². The van der Waals surface area contributed by atoms with Gasteiger partial charge in [0.05, 0.1) is 12.2 Å². The van der Waals surface area contributed by atoms with Crippen LogP contribution in [0.1, 0.15) is 46.1 Å². The molecule has 2 N–H and O–H groups in total. The maximum atomic E-state index is 5.94. The number of benzene rings is 1. The van der Waals surface area contributed by atoms with E-state index in [0.29, 0.717) is 18.2 Å². The number of fused-ring (bicyclic) bond motifs is 1. The van der Waals surface area contributed by atoms with Crippen LogP contribution in [0.2, 0.25) is 0 Å². The largest absolute Gasteiger partial charge is 0.486 e. The summed E-state index contributed by atoms with van der Waals surface area (Å²) in [4.78, 5) is 0. The van der Waals surface area contributed by atoms with Crippen LogP contribution >= 0.6 is 0 Å². The molecule has 1 aromatic rings. The Morgan fingerprint density at radius 3 is 2.80 bits per heavy atom. The summed E-state index contributed by atoms with van der Waals surface area (Å²) in [5.41, 5.74) is 2.50. The minimum atomic E-state index is 0.305. The van der Waals surface area contributed by atoms with E-state index in [2.05, 4.69) is 56.5 Å². The summed E-state index contributed by atoms with van der Waals surface area (Å²) < 4.78 is 5.94. The summed E-state index contributed by atoms with van der Waals surface area (Å²) in [5, 5.41) is 7.11. The highest BCUT2D eigenvalue weighted by molar-refractivity contribution is 5.59. The van der Waals surface area contributed by atoms with Crippen molar-refractivity contribution >= 4 is 5.69 Å². The minimum absolute atomic E-state index is 0.305. The molecule has 20 heavy (non-hydrogen) atoms. The first-order chi connectivity index (χ1) is 9.62. The predicted molar refractivity (Wildman–Crippen MR) is 85.7 cm³/mol. The number of ether oxygens (including phenoxy) is 1. The molecule has 3 heteroatoms. The third kappa shape index (κ3) is 3.89. The maximum absolute atomic E-state index is 5.94. The van der Waals surface area contributed by atoms with Crippen molar-refractivity contribution in [3.05, 3.63) is 23.8 Å². The SMILES string of the molecule is CCC(C)NC(C)Cc1ccc2c(c1)NCC(CC)O2. The van der Waals surface area contributed by atoms with Crippen molar-refractivity contribution in [1.29, 1.82) is 0 Å². The van der Waals surface area contributed by atoms with E-state index < -0.39 is 0 Å². The van der Waals surface area contributed by atoms with Crippen molar-refractivity contribution in [3.63, 3.8) is 0 Å². The molecule has 0 aliphatic carbocycles. The molecule has 1 aromatic carbocycles. The lowest BCUT2D eigenvalue weighted by Gasteiger charge is -2.27. The van der Waals surface area contributed by atoms with E-state index in [1.807, 2.05) is 0 Å². The molecule has 0 amide bonds. The second-order valence-corrected chi connectivity index (χ2v) is 5.94. The molecule has 2 rings (SSSR count). The van der Waals surface area contributed by atoms with Crippen LogP contribution in [-0.2, 0) is 6.42 Å². The molecule has 0 saturated heterocycles. The second-order valence-electron chi connectivity index (χ2n) is 5.94. The van der Waals surface area contributed by atoms with E-state index in [0.717, 1.165) is 30.8 Å². The third-order valence-electron chi connectivity index (χ3n) is 4.04. The molecule has 3 unspecified atom stereocenters. The van der Waals surface area contributed by atoms with Crippen molar-refractivity contribution < 1.29 is 4.74 Å². The first-order valence-corrected chi connectivity index (χ1v) is 7.91. The van der Waals surface area contributed by atoms with E-state index in [1.165, 1.54) is 12.0 Å². The van der Waals surface area contributed by atoms with Crippen LogP contribution in [0.4, 0.5) is 5.69 Å². The van der Waals surface area contributed by atoms with Crippen LogP contribution in [0.3, 0.4) is 0 Å². The average Bonchev–Trinajstić information content (AvgIpc) is 2.46. The normalized spacial score (nSPS) is 20.5. The van der Waals surface area contributed by atoms with Gasteiger partial charge < -0.3 is 15.4 Å². The summed E-state index contributed by atoms with van der Waals surface area (Å²) >= 11 is 0. The highest BCUT2D eigenvalue weighted by atomic mass is 16.5. The fourth-order valence-electron chi connectivity index (χ4n) is 2.63. The molecule has 0 radical (unpaired) electrons. The van der Waals surface area contributed by atoms with E-state index in [1.54, 1.807) is 0 Å². The number of rotatable bonds is 6. The first-order valence-electron chi connectivity index (χ1n) is 7.91. The Kier molecular flexibility index (Phi) is 5.30. The Balaban J connectivity index is 1.97. The quantitative estimate of drug-likeness (QED) is 0.833. The standard InChI is InChI=1S/C17H28N2O/c1-5-12(3)19-13(4)9-14-7-8-17-16(10-14)18-11-15(6-2)20-17/h7-8,10,12-13,15,18-19H,5-6,9,11H2,1-4H3. The van der Waals surface area contributed by atoms with Gasteiger partial charge >= 0.3 is 0 Å². The molecule has 112 valence electrons. The molecule has 3 atom stereocenters. The molecule has 0 aromatic heterocycles. The number of hydrogen-bond donors (Lipinski definition) is 2. The Morgan fingerprint density at radius 1 is 1.30 bits per heavy atom. The lowest BCUT2D eigenvalue weighted by Crippen LogP contribution is -2.35. The van der Waals surface area contributed by atoms with Crippen molar-refractivity contribution in [1.82, 2.24) is 5.32 Å². The van der Waals surface area contributed by atoms with Crippen molar-refractivity contribution in [2.45, 2.75) is 65.1 Å². The Morgan fingerprint density at radius 2 is 2.10 bits per heavy atom. The summed E-state index contributed by atoms with van der Waals surface area (Å²) in [5.74, 6) is 0.995. The minimum Gasteiger partial charge on any atom is -0.486 e. The topological polar surface area (TPSA) is 33.3 Å². The van der Waals surface area contributed by atoms with Gasteiger partial charge in [-0.1, -0.05) is 19.9 Å². The average molecular weight is 276 g/mol. The summed E-state index contributed by atoms with van der Waals surface area (Å²) in [6.45, 7) is 9.78. The molecule has 0 saturated carbocycles. The van der Waals surface area contributed by atoms with Gasteiger partial charge in [-0.2, -0.15) is 0 Å². The van der Waals surface area contributed by atoms with Crippen LogP contribution in [0, 0.1) is 0 Å². The van der Waals surface area contributed by atoms with Gasteiger partial charge in [-0.25, -0.2) is 0 Å². The molecular weight excluding hydrogens is 248 g/mol. The van der Waals surface area contributed by atoms with E-state index in [9.17, 15) is 0 Å². The summed E-state index contributed by atoms with van der Waals surface area (Å²) in [6, 6.07) is 7.60. The molecule has 1 aliphatic heterocycles. The van der Waals surface area contributed by atoms with Crippen LogP contribution in [0.5, 0.6) is 5.75 Å². The molecule has 1 aliphatic rings. The Hall–Kier alpha value is -1.22. The molecule has 1 heterocycles. The van der Waals surface area contributed by atoms with Crippen molar-refractivity contribution in [2.24, 2.45) is 0 Å². The van der Waals surface area contributed by atoms with Gasteiger partial charge in [-0.3, -0.25) is 0 Å². The Bertz CT molecular complexity index is 433. The smallest absolute Gasteiger partial charge is 0.142 e. The zero-order chi connectivity index (χ0) is 14.5. The van der Waals surface area contributed by atoms with Gasteiger partial charge in [-0.05, 0) is 50.8 Å². The monoisotopic (exact) mass is 276 g/mol. The lowest BCUT2D eigenvalue weighted by molar-refractivity contribution is 0.202. The first kappa shape index (κ1) is 15.2. The summed E-state index contributed by atoms with van der Waals surface area (Å²) in [7, 11) is 0. The zero-order valence-electron chi connectivity index (χ0n) is 13.2. The summed E-state index contributed by atoms with van der Waals surface area (Å²) in [6.07, 6.45) is 3.57. The Labute approximate surface area is 123 Å². The number of anilines is 1. The molecule has 3 nitrogen and oxygen atoms in total. The van der Waals surface area contributed by atoms with Crippen molar-refractivity contribution in [2.75, 3.05) is 11.9 Å². The van der Waals surface area contributed by atoms with Crippen LogP contribution in [-0.4, -0.2) is 24.7 Å². The van der Waals surface area contributed by atoms with Gasteiger partial charge in [-0.15, -0.1) is 0 Å². The van der Waals surface area contributed by atoms with Crippen LogP contribution in [0.25, 0.3) is 0 Å². The van der Waals surface area contributed by atoms with Crippen LogP contribution < -0.4 is 15.4 Å². The number of hydrogen-bond acceptors (Lipinski definition) is 3.